The van der Waals surface area contributed by atoms with Crippen LogP contribution >= 0.6 is 0 Å². The first-order valence-corrected chi connectivity index (χ1v) is 4.92. The molecule has 0 saturated carbocycles. The molecule has 0 spiro atoms. The van der Waals surface area contributed by atoms with Gasteiger partial charge in [-0.25, -0.2) is 4.98 Å². The predicted molar refractivity (Wildman–Crippen MR) is 53.6 cm³/mol. The largest absolute Gasteiger partial charge is 0.393 e. The van der Waals surface area contributed by atoms with Gasteiger partial charge in [-0.05, 0) is 12.1 Å². The van der Waals surface area contributed by atoms with Gasteiger partial charge in [-0.15, -0.1) is 0 Å². The van der Waals surface area contributed by atoms with Crippen molar-refractivity contribution in [1.29, 1.82) is 0 Å². The summed E-state index contributed by atoms with van der Waals surface area (Å²) in [6.07, 6.45) is 3.68. The topological polar surface area (TPSA) is 60.7 Å². The molecule has 80 valence electrons. The van der Waals surface area contributed by atoms with Gasteiger partial charge in [-0.2, -0.15) is 0 Å². The summed E-state index contributed by atoms with van der Waals surface area (Å²) in [5.41, 5.74) is 1.34. The van der Waals surface area contributed by atoms with E-state index in [1.807, 2.05) is 28.8 Å². The molecular formula is C11H8N2O3. The molecule has 2 aromatic heterocycles. The van der Waals surface area contributed by atoms with Crippen LogP contribution in [0.2, 0.25) is 0 Å². The Kier molecular flexibility index (Phi) is 1.80. The molecule has 0 bridgehead atoms. The van der Waals surface area contributed by atoms with Crippen LogP contribution in [0.3, 0.4) is 0 Å². The fourth-order valence-corrected chi connectivity index (χ4v) is 1.82. The first kappa shape index (κ1) is 9.08. The van der Waals surface area contributed by atoms with E-state index in [0.29, 0.717) is 5.69 Å². The number of carbonyl (C=O) groups excluding carboxylic acids is 2. The summed E-state index contributed by atoms with van der Waals surface area (Å²) in [6.45, 7) is 0. The van der Waals surface area contributed by atoms with Crippen molar-refractivity contribution >= 4 is 17.6 Å². The average Bonchev–Trinajstić information content (AvgIpc) is 2.81. The molecule has 1 aliphatic rings. The van der Waals surface area contributed by atoms with Crippen molar-refractivity contribution in [3.05, 3.63) is 36.3 Å². The number of rotatable bonds is 1. The van der Waals surface area contributed by atoms with E-state index in [-0.39, 0.29) is 6.42 Å². The molecule has 16 heavy (non-hydrogen) atoms. The molecule has 0 aromatic carbocycles. The lowest BCUT2D eigenvalue weighted by atomic mass is 10.1. The van der Waals surface area contributed by atoms with Crippen LogP contribution in [0.5, 0.6) is 0 Å². The molecule has 0 aliphatic carbocycles. The molecule has 1 fully saturated rings. The van der Waals surface area contributed by atoms with Crippen LogP contribution in [0.25, 0.3) is 5.65 Å². The number of imidazole rings is 1. The zero-order valence-electron chi connectivity index (χ0n) is 8.29. The number of carbonyl (C=O) groups is 2. The lowest BCUT2D eigenvalue weighted by Crippen LogP contribution is -2.05. The normalized spacial score (nSPS) is 20.4. The third-order valence-electron chi connectivity index (χ3n) is 2.61. The second-order valence-electron chi connectivity index (χ2n) is 3.68. The first-order valence-electron chi connectivity index (χ1n) is 4.92. The highest BCUT2D eigenvalue weighted by Crippen LogP contribution is 2.26. The maximum Gasteiger partial charge on any atom is 0.323 e. The maximum atomic E-state index is 11.4. The quantitative estimate of drug-likeness (QED) is 0.524. The SMILES string of the molecule is O=C1CC(c2cn3ccccc3n2)C(=O)O1. The molecule has 1 aliphatic heterocycles. The van der Waals surface area contributed by atoms with Crippen molar-refractivity contribution in [2.75, 3.05) is 0 Å². The van der Waals surface area contributed by atoms with Crippen LogP contribution in [-0.2, 0) is 14.3 Å². The molecular weight excluding hydrogens is 208 g/mol. The predicted octanol–water partition coefficient (Wildman–Crippen LogP) is 0.891. The molecule has 1 unspecified atom stereocenters. The van der Waals surface area contributed by atoms with Crippen molar-refractivity contribution in [2.45, 2.75) is 12.3 Å². The number of nitrogens with zero attached hydrogens (tertiary/aromatic N) is 2. The monoisotopic (exact) mass is 216 g/mol. The second-order valence-corrected chi connectivity index (χ2v) is 3.68. The standard InChI is InChI=1S/C11H8N2O3/c14-10-5-7(11(15)16-10)8-6-13-4-2-1-3-9(13)12-8/h1-4,6-7H,5H2. The van der Waals surface area contributed by atoms with Gasteiger partial charge in [0.05, 0.1) is 12.1 Å². The number of ether oxygens (including phenoxy) is 1. The smallest absolute Gasteiger partial charge is 0.323 e. The summed E-state index contributed by atoms with van der Waals surface area (Å²) < 4.78 is 6.31. The van der Waals surface area contributed by atoms with Crippen LogP contribution in [0.1, 0.15) is 18.0 Å². The Balaban J connectivity index is 2.06. The maximum absolute atomic E-state index is 11.4. The number of hydrogen-bond donors (Lipinski definition) is 0. The number of esters is 2. The van der Waals surface area contributed by atoms with E-state index in [1.54, 1.807) is 6.20 Å². The molecule has 5 heteroatoms. The molecule has 0 amide bonds. The lowest BCUT2D eigenvalue weighted by molar-refractivity contribution is -0.152. The van der Waals surface area contributed by atoms with Crippen LogP contribution < -0.4 is 0 Å². The fourth-order valence-electron chi connectivity index (χ4n) is 1.82. The van der Waals surface area contributed by atoms with E-state index in [1.165, 1.54) is 0 Å². The van der Waals surface area contributed by atoms with E-state index >= 15 is 0 Å². The van der Waals surface area contributed by atoms with Gasteiger partial charge in [0, 0.05) is 12.4 Å². The third-order valence-corrected chi connectivity index (χ3v) is 2.61. The number of cyclic esters (lactones) is 2. The summed E-state index contributed by atoms with van der Waals surface area (Å²) in [7, 11) is 0. The minimum atomic E-state index is -0.549. The van der Waals surface area contributed by atoms with Crippen LogP contribution in [0.15, 0.2) is 30.6 Å². The molecule has 1 atom stereocenters. The molecule has 2 aromatic rings. The highest BCUT2D eigenvalue weighted by molar-refractivity contribution is 5.97. The van der Waals surface area contributed by atoms with Gasteiger partial charge < -0.3 is 9.14 Å². The van der Waals surface area contributed by atoms with E-state index in [2.05, 4.69) is 9.72 Å². The molecule has 3 rings (SSSR count). The first-order chi connectivity index (χ1) is 7.74. The summed E-state index contributed by atoms with van der Waals surface area (Å²) in [5.74, 6) is -1.53. The summed E-state index contributed by atoms with van der Waals surface area (Å²) in [5, 5.41) is 0. The van der Waals surface area contributed by atoms with E-state index in [0.717, 1.165) is 5.65 Å². The van der Waals surface area contributed by atoms with Gasteiger partial charge in [0.1, 0.15) is 11.6 Å². The molecule has 3 heterocycles. The van der Waals surface area contributed by atoms with Crippen molar-refractivity contribution in [3.8, 4) is 0 Å². The lowest BCUT2D eigenvalue weighted by Gasteiger charge is -1.96. The number of pyridine rings is 1. The van der Waals surface area contributed by atoms with Crippen LogP contribution in [0, 0.1) is 0 Å². The average molecular weight is 216 g/mol. The molecule has 5 nitrogen and oxygen atoms in total. The van der Waals surface area contributed by atoms with Gasteiger partial charge in [-0.3, -0.25) is 9.59 Å². The number of aromatic nitrogens is 2. The zero-order valence-corrected chi connectivity index (χ0v) is 8.29. The molecule has 0 N–H and O–H groups in total. The Labute approximate surface area is 90.7 Å². The fraction of sp³-hybridized carbons (Fsp3) is 0.182. The summed E-state index contributed by atoms with van der Waals surface area (Å²) in [4.78, 5) is 26.6. The highest BCUT2D eigenvalue weighted by atomic mass is 16.6. The van der Waals surface area contributed by atoms with Gasteiger partial charge in [0.2, 0.25) is 0 Å². The Morgan fingerprint density at radius 2 is 2.25 bits per heavy atom. The number of fused-ring (bicyclic) bond motifs is 1. The summed E-state index contributed by atoms with van der Waals surface area (Å²) in [6, 6.07) is 5.58. The van der Waals surface area contributed by atoms with Gasteiger partial charge in [0.25, 0.3) is 0 Å². The van der Waals surface area contributed by atoms with Crippen LogP contribution in [0.4, 0.5) is 0 Å². The minimum Gasteiger partial charge on any atom is -0.393 e. The van der Waals surface area contributed by atoms with Crippen molar-refractivity contribution in [1.82, 2.24) is 9.38 Å². The van der Waals surface area contributed by atoms with Crippen molar-refractivity contribution in [2.24, 2.45) is 0 Å². The van der Waals surface area contributed by atoms with Gasteiger partial charge >= 0.3 is 11.9 Å². The van der Waals surface area contributed by atoms with E-state index in [9.17, 15) is 9.59 Å². The zero-order chi connectivity index (χ0) is 11.1. The highest BCUT2D eigenvalue weighted by Gasteiger charge is 2.36. The number of hydrogen-bond acceptors (Lipinski definition) is 4. The van der Waals surface area contributed by atoms with Crippen molar-refractivity contribution < 1.29 is 14.3 Å². The van der Waals surface area contributed by atoms with E-state index < -0.39 is 17.9 Å². The third kappa shape index (κ3) is 1.29. The molecule has 0 radical (unpaired) electrons. The molecule has 1 saturated heterocycles. The minimum absolute atomic E-state index is 0.0860. The Morgan fingerprint density at radius 3 is 2.94 bits per heavy atom. The van der Waals surface area contributed by atoms with Crippen LogP contribution in [-0.4, -0.2) is 21.3 Å². The van der Waals surface area contributed by atoms with Gasteiger partial charge in [0.15, 0.2) is 0 Å². The van der Waals surface area contributed by atoms with Gasteiger partial charge in [-0.1, -0.05) is 6.07 Å². The Morgan fingerprint density at radius 1 is 1.38 bits per heavy atom. The van der Waals surface area contributed by atoms with E-state index in [4.69, 9.17) is 0 Å². The summed E-state index contributed by atoms with van der Waals surface area (Å²) >= 11 is 0. The Hall–Kier alpha value is -2.17. The Bertz CT molecular complexity index is 555. The van der Waals surface area contributed by atoms with Crippen molar-refractivity contribution in [3.63, 3.8) is 0 Å². The second kappa shape index (κ2) is 3.16.